The number of hydrogen-bond acceptors (Lipinski definition) is 2. The molecule has 0 spiro atoms. The van der Waals surface area contributed by atoms with E-state index in [1.165, 1.54) is 0 Å². The number of rotatable bonds is 3. The van der Waals surface area contributed by atoms with Crippen LogP contribution in [0.15, 0.2) is 0 Å². The van der Waals surface area contributed by atoms with Crippen molar-refractivity contribution in [2.24, 2.45) is 0 Å². The van der Waals surface area contributed by atoms with E-state index in [1.807, 2.05) is 0 Å². The van der Waals surface area contributed by atoms with E-state index < -0.39 is 37.0 Å². The largest absolute Gasteiger partial charge is 0.390 e. The molecular weight excluding hydrogens is 225 g/mol. The van der Waals surface area contributed by atoms with Crippen LogP contribution in [0.3, 0.4) is 0 Å². The van der Waals surface area contributed by atoms with Crippen molar-refractivity contribution in [3.8, 4) is 0 Å². The molecule has 1 unspecified atom stereocenters. The molecule has 1 N–H and O–H groups in total. The summed E-state index contributed by atoms with van der Waals surface area (Å²) in [7, 11) is 0. The highest BCUT2D eigenvalue weighted by Gasteiger charge is 2.34. The summed E-state index contributed by atoms with van der Waals surface area (Å²) in [4.78, 5) is 23.6. The molecule has 7 heteroatoms. The summed E-state index contributed by atoms with van der Waals surface area (Å²) < 4.78 is 35.9. The molecule has 1 fully saturated rings. The van der Waals surface area contributed by atoms with Crippen LogP contribution in [0.5, 0.6) is 0 Å². The summed E-state index contributed by atoms with van der Waals surface area (Å²) in [5, 5.41) is 2.43. The van der Waals surface area contributed by atoms with Gasteiger partial charge in [-0.1, -0.05) is 6.92 Å². The van der Waals surface area contributed by atoms with E-state index in [1.54, 1.807) is 6.92 Å². The first kappa shape index (κ1) is 12.8. The third kappa shape index (κ3) is 3.39. The zero-order valence-corrected chi connectivity index (χ0v) is 8.80. The topological polar surface area (TPSA) is 49.4 Å². The highest BCUT2D eigenvalue weighted by atomic mass is 19.4. The lowest BCUT2D eigenvalue weighted by Crippen LogP contribution is -2.58. The summed E-state index contributed by atoms with van der Waals surface area (Å²) in [5.41, 5.74) is 0. The van der Waals surface area contributed by atoms with E-state index in [2.05, 4.69) is 5.32 Å². The number of alkyl halides is 3. The minimum atomic E-state index is -4.31. The highest BCUT2D eigenvalue weighted by Crippen LogP contribution is 2.20. The average Bonchev–Trinajstić information content (AvgIpc) is 2.17. The SMILES string of the molecule is CCC1NC(=O)CN(CCC(F)(F)F)C1=O. The average molecular weight is 238 g/mol. The lowest BCUT2D eigenvalue weighted by molar-refractivity contribution is -0.153. The number of piperazine rings is 1. The molecule has 1 rings (SSSR count). The molecule has 92 valence electrons. The number of carbonyl (C=O) groups excluding carboxylic acids is 2. The summed E-state index contributed by atoms with van der Waals surface area (Å²) in [5.74, 6) is -0.847. The molecule has 1 saturated heterocycles. The van der Waals surface area contributed by atoms with Crippen molar-refractivity contribution in [2.75, 3.05) is 13.1 Å². The zero-order valence-electron chi connectivity index (χ0n) is 8.80. The Morgan fingerprint density at radius 3 is 2.56 bits per heavy atom. The molecule has 1 aliphatic heterocycles. The molecule has 0 aromatic heterocycles. The third-order valence-electron chi connectivity index (χ3n) is 2.35. The summed E-state index contributed by atoms with van der Waals surface area (Å²) >= 11 is 0. The van der Waals surface area contributed by atoms with Crippen molar-refractivity contribution in [2.45, 2.75) is 32.0 Å². The number of halogens is 3. The standard InChI is InChI=1S/C9H13F3N2O2/c1-2-6-8(16)14(5-7(15)13-6)4-3-9(10,11)12/h6H,2-5H2,1H3,(H,13,15). The normalized spacial score (nSPS) is 22.2. The molecule has 0 bridgehead atoms. The maximum absolute atomic E-state index is 12.0. The van der Waals surface area contributed by atoms with Crippen LogP contribution >= 0.6 is 0 Å². The number of hydrogen-bond donors (Lipinski definition) is 1. The predicted octanol–water partition coefficient (Wildman–Crippen LogP) is 0.676. The Hall–Kier alpha value is -1.27. The van der Waals surface area contributed by atoms with E-state index in [0.717, 1.165) is 4.90 Å². The van der Waals surface area contributed by atoms with Gasteiger partial charge in [-0.2, -0.15) is 13.2 Å². The second-order valence-corrected chi connectivity index (χ2v) is 3.65. The second kappa shape index (κ2) is 4.71. The van der Waals surface area contributed by atoms with E-state index >= 15 is 0 Å². The fraction of sp³-hybridized carbons (Fsp3) is 0.778. The van der Waals surface area contributed by atoms with Crippen LogP contribution < -0.4 is 5.32 Å². The van der Waals surface area contributed by atoms with Crippen molar-refractivity contribution >= 4 is 11.8 Å². The minimum absolute atomic E-state index is 0.286. The van der Waals surface area contributed by atoms with Crippen molar-refractivity contribution in [1.29, 1.82) is 0 Å². The summed E-state index contributed by atoms with van der Waals surface area (Å²) in [6.45, 7) is 0.952. The molecule has 0 aromatic carbocycles. The van der Waals surface area contributed by atoms with E-state index in [9.17, 15) is 22.8 Å². The third-order valence-corrected chi connectivity index (χ3v) is 2.35. The van der Waals surface area contributed by atoms with Crippen molar-refractivity contribution < 1.29 is 22.8 Å². The molecule has 0 radical (unpaired) electrons. The minimum Gasteiger partial charge on any atom is -0.343 e. The van der Waals surface area contributed by atoms with E-state index in [-0.39, 0.29) is 6.54 Å². The molecule has 0 aromatic rings. The van der Waals surface area contributed by atoms with Gasteiger partial charge in [-0.15, -0.1) is 0 Å². The maximum Gasteiger partial charge on any atom is 0.390 e. The highest BCUT2D eigenvalue weighted by molar-refractivity contribution is 5.94. The fourth-order valence-electron chi connectivity index (χ4n) is 1.50. The Labute approximate surface area is 90.8 Å². The van der Waals surface area contributed by atoms with Crippen LogP contribution in [0.25, 0.3) is 0 Å². The Morgan fingerprint density at radius 2 is 2.06 bits per heavy atom. The lowest BCUT2D eigenvalue weighted by Gasteiger charge is -2.32. The van der Waals surface area contributed by atoms with Gasteiger partial charge in [-0.25, -0.2) is 0 Å². The van der Waals surface area contributed by atoms with Gasteiger partial charge < -0.3 is 10.2 Å². The quantitative estimate of drug-likeness (QED) is 0.785. The molecule has 0 aliphatic carbocycles. The molecule has 1 atom stereocenters. The molecule has 1 heterocycles. The van der Waals surface area contributed by atoms with Crippen LogP contribution in [0.2, 0.25) is 0 Å². The Balaban J connectivity index is 2.58. The molecular formula is C9H13F3N2O2. The Kier molecular flexibility index (Phi) is 3.77. The molecule has 4 nitrogen and oxygen atoms in total. The molecule has 0 saturated carbocycles. The number of nitrogens with one attached hydrogen (secondary N) is 1. The van der Waals surface area contributed by atoms with Gasteiger partial charge in [0.05, 0.1) is 13.0 Å². The summed E-state index contributed by atoms with van der Waals surface area (Å²) in [6.07, 6.45) is -5.01. The maximum atomic E-state index is 12.0. The molecule has 1 aliphatic rings. The first-order valence-electron chi connectivity index (χ1n) is 4.98. The first-order chi connectivity index (χ1) is 7.33. The lowest BCUT2D eigenvalue weighted by atomic mass is 10.1. The number of carbonyl (C=O) groups is 2. The monoisotopic (exact) mass is 238 g/mol. The fourth-order valence-corrected chi connectivity index (χ4v) is 1.50. The van der Waals surface area contributed by atoms with Gasteiger partial charge >= 0.3 is 6.18 Å². The molecule has 2 amide bonds. The van der Waals surface area contributed by atoms with Gasteiger partial charge in [0.1, 0.15) is 6.04 Å². The molecule has 16 heavy (non-hydrogen) atoms. The Bertz CT molecular complexity index is 291. The van der Waals surface area contributed by atoms with Crippen molar-refractivity contribution in [3.05, 3.63) is 0 Å². The van der Waals surface area contributed by atoms with Crippen LogP contribution in [-0.2, 0) is 9.59 Å². The summed E-state index contributed by atoms with van der Waals surface area (Å²) in [6, 6.07) is -0.686. The van der Waals surface area contributed by atoms with Crippen LogP contribution in [-0.4, -0.2) is 42.0 Å². The van der Waals surface area contributed by atoms with E-state index in [0.29, 0.717) is 6.42 Å². The van der Waals surface area contributed by atoms with Crippen molar-refractivity contribution in [1.82, 2.24) is 10.2 Å². The van der Waals surface area contributed by atoms with Crippen molar-refractivity contribution in [3.63, 3.8) is 0 Å². The van der Waals surface area contributed by atoms with Gasteiger partial charge in [0.25, 0.3) is 0 Å². The smallest absolute Gasteiger partial charge is 0.343 e. The number of nitrogens with zero attached hydrogens (tertiary/aromatic N) is 1. The van der Waals surface area contributed by atoms with Gasteiger partial charge in [0.15, 0.2) is 0 Å². The van der Waals surface area contributed by atoms with Gasteiger partial charge in [-0.3, -0.25) is 9.59 Å². The van der Waals surface area contributed by atoms with Gasteiger partial charge in [0.2, 0.25) is 11.8 Å². The predicted molar refractivity (Wildman–Crippen MR) is 49.5 cm³/mol. The van der Waals surface area contributed by atoms with Gasteiger partial charge in [0, 0.05) is 6.54 Å². The first-order valence-corrected chi connectivity index (χ1v) is 4.98. The van der Waals surface area contributed by atoms with Crippen LogP contribution in [0.4, 0.5) is 13.2 Å². The number of amides is 2. The van der Waals surface area contributed by atoms with Crippen LogP contribution in [0.1, 0.15) is 19.8 Å². The Morgan fingerprint density at radius 1 is 1.44 bits per heavy atom. The van der Waals surface area contributed by atoms with Gasteiger partial charge in [-0.05, 0) is 6.42 Å². The van der Waals surface area contributed by atoms with Crippen LogP contribution in [0, 0.1) is 0 Å². The van der Waals surface area contributed by atoms with E-state index in [4.69, 9.17) is 0 Å². The zero-order chi connectivity index (χ0) is 12.3. The second-order valence-electron chi connectivity index (χ2n) is 3.65.